The lowest BCUT2D eigenvalue weighted by atomic mass is 10.0. The first-order valence-electron chi connectivity index (χ1n) is 6.46. The second kappa shape index (κ2) is 6.60. The maximum Gasteiger partial charge on any atom is 0.191 e. The molecule has 0 saturated carbocycles. The van der Waals surface area contributed by atoms with Gasteiger partial charge in [-0.25, -0.2) is 0 Å². The van der Waals surface area contributed by atoms with Crippen molar-refractivity contribution in [1.29, 1.82) is 0 Å². The van der Waals surface area contributed by atoms with Crippen molar-refractivity contribution in [1.82, 2.24) is 0 Å². The standard InChI is InChI=1S/C14H30OSi/c1-8-9-10-13(2)11-12-15-16(6,7)14(3,4)5/h8-9,13H,10-12H2,1-7H3/t13-/m0/s1. The van der Waals surface area contributed by atoms with Gasteiger partial charge < -0.3 is 4.43 Å². The van der Waals surface area contributed by atoms with Crippen molar-refractivity contribution in [3.05, 3.63) is 12.2 Å². The maximum absolute atomic E-state index is 6.16. The van der Waals surface area contributed by atoms with Gasteiger partial charge in [0.05, 0.1) is 0 Å². The summed E-state index contributed by atoms with van der Waals surface area (Å²) in [5.74, 6) is 0.737. The van der Waals surface area contributed by atoms with E-state index in [0.29, 0.717) is 5.04 Å². The minimum atomic E-state index is -1.52. The summed E-state index contributed by atoms with van der Waals surface area (Å²) >= 11 is 0. The van der Waals surface area contributed by atoms with Crippen LogP contribution in [0.15, 0.2) is 12.2 Å². The summed E-state index contributed by atoms with van der Waals surface area (Å²) in [5.41, 5.74) is 0. The first kappa shape index (κ1) is 15.9. The molecule has 0 aliphatic heterocycles. The molecular formula is C14H30OSi. The Morgan fingerprint density at radius 2 is 1.81 bits per heavy atom. The van der Waals surface area contributed by atoms with Crippen molar-refractivity contribution in [2.24, 2.45) is 5.92 Å². The molecule has 0 radical (unpaired) electrons. The Hall–Kier alpha value is -0.0831. The summed E-state index contributed by atoms with van der Waals surface area (Å²) in [6.45, 7) is 16.8. The number of hydrogen-bond donors (Lipinski definition) is 0. The van der Waals surface area contributed by atoms with E-state index in [-0.39, 0.29) is 0 Å². The van der Waals surface area contributed by atoms with Crippen molar-refractivity contribution in [3.8, 4) is 0 Å². The van der Waals surface area contributed by atoms with Crippen LogP contribution in [-0.2, 0) is 4.43 Å². The third-order valence-corrected chi connectivity index (χ3v) is 8.19. The average molecular weight is 242 g/mol. The number of hydrogen-bond acceptors (Lipinski definition) is 1. The molecular weight excluding hydrogens is 212 g/mol. The fraction of sp³-hybridized carbons (Fsp3) is 0.857. The Kier molecular flexibility index (Phi) is 6.57. The fourth-order valence-corrected chi connectivity index (χ4v) is 2.28. The smallest absolute Gasteiger partial charge is 0.191 e. The monoisotopic (exact) mass is 242 g/mol. The van der Waals surface area contributed by atoms with Crippen molar-refractivity contribution in [2.45, 2.75) is 65.6 Å². The van der Waals surface area contributed by atoms with E-state index >= 15 is 0 Å². The number of allylic oxidation sites excluding steroid dienone is 2. The van der Waals surface area contributed by atoms with E-state index in [1.165, 1.54) is 12.8 Å². The van der Waals surface area contributed by atoms with Crippen LogP contribution in [0, 0.1) is 5.92 Å². The molecule has 16 heavy (non-hydrogen) atoms. The Morgan fingerprint density at radius 1 is 1.25 bits per heavy atom. The van der Waals surface area contributed by atoms with Crippen molar-refractivity contribution in [2.75, 3.05) is 6.61 Å². The predicted octanol–water partition coefficient (Wildman–Crippen LogP) is 5.00. The molecule has 0 rings (SSSR count). The van der Waals surface area contributed by atoms with Gasteiger partial charge >= 0.3 is 0 Å². The van der Waals surface area contributed by atoms with Crippen molar-refractivity contribution in [3.63, 3.8) is 0 Å². The zero-order chi connectivity index (χ0) is 12.8. The van der Waals surface area contributed by atoms with E-state index in [9.17, 15) is 0 Å². The highest BCUT2D eigenvalue weighted by molar-refractivity contribution is 6.74. The van der Waals surface area contributed by atoms with Gasteiger partial charge in [0.2, 0.25) is 0 Å². The third-order valence-electron chi connectivity index (χ3n) is 3.65. The van der Waals surface area contributed by atoms with E-state index in [2.05, 4.69) is 59.9 Å². The van der Waals surface area contributed by atoms with Gasteiger partial charge in [-0.3, -0.25) is 0 Å². The van der Waals surface area contributed by atoms with Crippen LogP contribution in [0.1, 0.15) is 47.5 Å². The van der Waals surface area contributed by atoms with Crippen LogP contribution >= 0.6 is 0 Å². The summed E-state index contributed by atoms with van der Waals surface area (Å²) in [7, 11) is -1.52. The van der Waals surface area contributed by atoms with Gasteiger partial charge in [-0.2, -0.15) is 0 Å². The van der Waals surface area contributed by atoms with E-state index in [0.717, 1.165) is 12.5 Å². The molecule has 0 aliphatic carbocycles. The molecule has 0 aromatic heterocycles. The van der Waals surface area contributed by atoms with Crippen molar-refractivity contribution < 1.29 is 4.43 Å². The van der Waals surface area contributed by atoms with Crippen LogP contribution in [-0.4, -0.2) is 14.9 Å². The summed E-state index contributed by atoms with van der Waals surface area (Å²) < 4.78 is 6.16. The van der Waals surface area contributed by atoms with E-state index < -0.39 is 8.32 Å². The minimum Gasteiger partial charge on any atom is -0.417 e. The lowest BCUT2D eigenvalue weighted by molar-refractivity contribution is 0.260. The molecule has 0 heterocycles. The van der Waals surface area contributed by atoms with Gasteiger partial charge in [-0.15, -0.1) is 0 Å². The predicted molar refractivity (Wildman–Crippen MR) is 76.4 cm³/mol. The van der Waals surface area contributed by atoms with Crippen LogP contribution in [0.25, 0.3) is 0 Å². The highest BCUT2D eigenvalue weighted by atomic mass is 28.4. The molecule has 0 spiro atoms. The van der Waals surface area contributed by atoms with Gasteiger partial charge in [0.15, 0.2) is 8.32 Å². The molecule has 0 aromatic rings. The Balaban J connectivity index is 3.90. The molecule has 0 amide bonds. The van der Waals surface area contributed by atoms with Gasteiger partial charge in [-0.05, 0) is 43.8 Å². The average Bonchev–Trinajstić information content (AvgIpc) is 2.12. The normalized spacial score (nSPS) is 15.7. The quantitative estimate of drug-likeness (QED) is 0.470. The molecule has 0 aliphatic rings. The zero-order valence-electron chi connectivity index (χ0n) is 12.3. The van der Waals surface area contributed by atoms with E-state index in [4.69, 9.17) is 4.43 Å². The van der Waals surface area contributed by atoms with E-state index in [1.807, 2.05) is 0 Å². The fourth-order valence-electron chi connectivity index (χ4n) is 1.22. The van der Waals surface area contributed by atoms with Gasteiger partial charge in [0.25, 0.3) is 0 Å². The third kappa shape index (κ3) is 5.85. The molecule has 0 bridgehead atoms. The van der Waals surface area contributed by atoms with Gasteiger partial charge in [-0.1, -0.05) is 39.8 Å². The summed E-state index contributed by atoms with van der Waals surface area (Å²) in [6, 6.07) is 0. The molecule has 1 nitrogen and oxygen atoms in total. The van der Waals surface area contributed by atoms with Gasteiger partial charge in [0, 0.05) is 6.61 Å². The van der Waals surface area contributed by atoms with Crippen LogP contribution in [0.4, 0.5) is 0 Å². The topological polar surface area (TPSA) is 9.23 Å². The van der Waals surface area contributed by atoms with Crippen LogP contribution in [0.2, 0.25) is 18.1 Å². The Labute approximate surface area is 103 Å². The summed E-state index contributed by atoms with van der Waals surface area (Å²) in [4.78, 5) is 0. The zero-order valence-corrected chi connectivity index (χ0v) is 13.3. The molecule has 0 unspecified atom stereocenters. The molecule has 0 aromatic carbocycles. The highest BCUT2D eigenvalue weighted by Crippen LogP contribution is 2.36. The SMILES string of the molecule is CC=CC[C@H](C)CCO[Si](C)(C)C(C)(C)C. The maximum atomic E-state index is 6.16. The highest BCUT2D eigenvalue weighted by Gasteiger charge is 2.36. The van der Waals surface area contributed by atoms with Crippen molar-refractivity contribution >= 4 is 8.32 Å². The first-order valence-corrected chi connectivity index (χ1v) is 9.36. The number of rotatable bonds is 6. The Bertz CT molecular complexity index is 213. The summed E-state index contributed by atoms with van der Waals surface area (Å²) in [5, 5.41) is 0.333. The Morgan fingerprint density at radius 3 is 2.25 bits per heavy atom. The lowest BCUT2D eigenvalue weighted by Crippen LogP contribution is -2.41. The second-order valence-corrected chi connectivity index (χ2v) is 11.1. The van der Waals surface area contributed by atoms with Gasteiger partial charge in [0.1, 0.15) is 0 Å². The molecule has 1 atom stereocenters. The molecule has 0 saturated heterocycles. The lowest BCUT2D eigenvalue weighted by Gasteiger charge is -2.36. The molecule has 0 fully saturated rings. The first-order chi connectivity index (χ1) is 7.20. The van der Waals surface area contributed by atoms with Crippen LogP contribution in [0.3, 0.4) is 0 Å². The molecule has 96 valence electrons. The van der Waals surface area contributed by atoms with Crippen LogP contribution in [0.5, 0.6) is 0 Å². The second-order valence-electron chi connectivity index (χ2n) is 6.31. The minimum absolute atomic E-state index is 0.333. The largest absolute Gasteiger partial charge is 0.417 e. The molecule has 2 heteroatoms. The molecule has 0 N–H and O–H groups in total. The van der Waals surface area contributed by atoms with Crippen LogP contribution < -0.4 is 0 Å². The van der Waals surface area contributed by atoms with E-state index in [1.54, 1.807) is 0 Å². The summed E-state index contributed by atoms with van der Waals surface area (Å²) in [6.07, 6.45) is 6.73.